The quantitative estimate of drug-likeness (QED) is 0.0436. The third-order valence-corrected chi connectivity index (χ3v) is 12.8. The number of hydrogen-bond donors (Lipinski definition) is 6. The van der Waals surface area contributed by atoms with E-state index in [0.29, 0.717) is 210 Å². The number of rotatable bonds is 69. The Hall–Kier alpha value is -3.50. The van der Waals surface area contributed by atoms with E-state index in [2.05, 4.69) is 28.2 Å². The molecule has 0 aromatic heterocycles. The molecule has 494 valence electrons. The van der Waals surface area contributed by atoms with E-state index in [1.165, 1.54) is 57.8 Å². The van der Waals surface area contributed by atoms with Gasteiger partial charge in [-0.3, -0.25) is 24.0 Å². The molecule has 0 spiro atoms. The molecule has 0 bridgehead atoms. The van der Waals surface area contributed by atoms with Gasteiger partial charge in [-0.05, 0) is 58.4 Å². The Kier molecular flexibility index (Phi) is 62.7. The first-order valence-electron chi connectivity index (χ1n) is 31.6. The zero-order chi connectivity index (χ0) is 61.3. The minimum Gasteiger partial charge on any atom is -0.480 e. The summed E-state index contributed by atoms with van der Waals surface area (Å²) < 4.78 is 65.8. The molecule has 0 saturated carbocycles. The molecular weight excluding hydrogens is 1090 g/mol. The van der Waals surface area contributed by atoms with Crippen LogP contribution in [0, 0.1) is 0 Å². The fourth-order valence-electron chi connectivity index (χ4n) is 7.96. The normalized spacial score (nSPS) is 12.1. The number of unbranched alkanes of at least 4 members (excludes halogenated alkanes) is 14. The van der Waals surface area contributed by atoms with Crippen LogP contribution in [0.4, 0.5) is 0 Å². The smallest absolute Gasteiger partial charge is 0.326 e. The van der Waals surface area contributed by atoms with Crippen LogP contribution in [0.5, 0.6) is 0 Å². The Bertz CT molecular complexity index is 1530. The van der Waals surface area contributed by atoms with Crippen LogP contribution in [0.1, 0.15) is 162 Å². The number of nitrogens with two attached hydrogens (primary N) is 1. The summed E-state index contributed by atoms with van der Waals surface area (Å²) in [7, 11) is 0. The SMILES string of the molecule is CCCCCCCCCCCCCCCC(=O)NC(CCC(=O)NCCCCC(NC(=O)CCCCN)C(=O)NCCOCCOCCOCCOCCOCCOCCOCCOCCOCCOCCOCCOCCC(C)=O)C(=O)O. The van der Waals surface area contributed by atoms with Crippen LogP contribution in [0.2, 0.25) is 0 Å². The molecule has 0 aliphatic heterocycles. The zero-order valence-corrected chi connectivity index (χ0v) is 51.9. The lowest BCUT2D eigenvalue weighted by atomic mass is 10.0. The Labute approximate surface area is 503 Å². The highest BCUT2D eigenvalue weighted by molar-refractivity contribution is 5.87. The van der Waals surface area contributed by atoms with Gasteiger partial charge >= 0.3 is 5.97 Å². The fraction of sp³-hybridized carbons (Fsp3) is 0.900. The molecule has 0 radical (unpaired) electrons. The first-order valence-corrected chi connectivity index (χ1v) is 31.6. The summed E-state index contributed by atoms with van der Waals surface area (Å²) in [6, 6.07) is -1.91. The summed E-state index contributed by atoms with van der Waals surface area (Å²) in [6.07, 6.45) is 19.1. The monoisotopic (exact) mass is 1210 g/mol. The number of ether oxygens (including phenoxy) is 12. The first kappa shape index (κ1) is 80.5. The minimum atomic E-state index is -1.17. The Morgan fingerprint density at radius 3 is 1.06 bits per heavy atom. The second-order valence-electron chi connectivity index (χ2n) is 20.3. The largest absolute Gasteiger partial charge is 0.480 e. The molecule has 24 nitrogen and oxygen atoms in total. The zero-order valence-electron chi connectivity index (χ0n) is 51.9. The number of nitrogens with one attached hydrogen (secondary N) is 4. The number of ketones is 1. The summed E-state index contributed by atoms with van der Waals surface area (Å²) in [5.74, 6) is -2.28. The van der Waals surface area contributed by atoms with Gasteiger partial charge in [-0.25, -0.2) is 4.79 Å². The summed E-state index contributed by atoms with van der Waals surface area (Å²) in [6.45, 7) is 15.2. The van der Waals surface area contributed by atoms with Crippen molar-refractivity contribution >= 4 is 35.4 Å². The van der Waals surface area contributed by atoms with Crippen molar-refractivity contribution in [1.29, 1.82) is 0 Å². The molecule has 0 fully saturated rings. The lowest BCUT2D eigenvalue weighted by Gasteiger charge is -2.19. The highest BCUT2D eigenvalue weighted by atomic mass is 16.6. The molecule has 0 aliphatic rings. The standard InChI is InChI=1S/C60H115N5O19/c1-3-4-5-6-7-8-9-10-11-12-13-14-15-21-58(69)65-55(60(71)72)23-24-56(67)62-27-19-17-20-54(64-57(68)22-16-18-26-61)59(70)63-28-30-74-32-34-76-36-38-78-40-42-80-44-46-82-48-50-84-52-51-83-49-47-81-45-43-79-41-39-77-37-35-75-33-31-73-29-25-53(2)66/h54-55H,3-52,61H2,1-2H3,(H,62,67)(H,63,70)(H,64,68)(H,65,69)(H,71,72). The maximum absolute atomic E-state index is 13.1. The maximum Gasteiger partial charge on any atom is 0.326 e. The minimum absolute atomic E-state index is 0.0239. The van der Waals surface area contributed by atoms with E-state index in [-0.39, 0.29) is 68.2 Å². The topological polar surface area (TPSA) is 308 Å². The predicted octanol–water partition coefficient (Wildman–Crippen LogP) is 5.01. The van der Waals surface area contributed by atoms with E-state index in [1.807, 2.05) is 0 Å². The van der Waals surface area contributed by atoms with Gasteiger partial charge in [0.25, 0.3) is 0 Å². The van der Waals surface area contributed by atoms with Gasteiger partial charge in [0.05, 0.1) is 159 Å². The molecule has 4 amide bonds. The summed E-state index contributed by atoms with van der Waals surface area (Å²) in [5, 5.41) is 20.7. The Balaban J connectivity index is 3.86. The summed E-state index contributed by atoms with van der Waals surface area (Å²) in [4.78, 5) is 73.4. The Morgan fingerprint density at radius 2 is 0.690 bits per heavy atom. The average molecular weight is 1210 g/mol. The Morgan fingerprint density at radius 1 is 0.345 bits per heavy atom. The summed E-state index contributed by atoms with van der Waals surface area (Å²) in [5.41, 5.74) is 5.58. The molecule has 2 unspecified atom stereocenters. The molecule has 2 atom stereocenters. The molecule has 0 aromatic carbocycles. The van der Waals surface area contributed by atoms with Crippen molar-refractivity contribution in [2.45, 2.75) is 174 Å². The van der Waals surface area contributed by atoms with Crippen LogP contribution < -0.4 is 27.0 Å². The van der Waals surface area contributed by atoms with Crippen molar-refractivity contribution in [3.8, 4) is 0 Å². The molecule has 0 aromatic rings. The van der Waals surface area contributed by atoms with Crippen molar-refractivity contribution in [3.63, 3.8) is 0 Å². The fourth-order valence-corrected chi connectivity index (χ4v) is 7.96. The predicted molar refractivity (Wildman–Crippen MR) is 319 cm³/mol. The van der Waals surface area contributed by atoms with Crippen molar-refractivity contribution < 1.29 is 90.7 Å². The number of amides is 4. The van der Waals surface area contributed by atoms with Crippen molar-refractivity contribution in [2.75, 3.05) is 178 Å². The lowest BCUT2D eigenvalue weighted by molar-refractivity contribution is -0.142. The van der Waals surface area contributed by atoms with Gasteiger partial charge < -0.3 is 88.9 Å². The van der Waals surface area contributed by atoms with Crippen LogP contribution in [0.15, 0.2) is 0 Å². The molecule has 0 heterocycles. The van der Waals surface area contributed by atoms with Gasteiger partial charge in [-0.2, -0.15) is 0 Å². The molecular formula is C60H115N5O19. The maximum atomic E-state index is 13.1. The number of hydrogen-bond acceptors (Lipinski definition) is 19. The van der Waals surface area contributed by atoms with Crippen LogP contribution in [0.25, 0.3) is 0 Å². The third-order valence-electron chi connectivity index (χ3n) is 12.8. The highest BCUT2D eigenvalue weighted by Gasteiger charge is 2.22. The van der Waals surface area contributed by atoms with Crippen LogP contribution in [0.3, 0.4) is 0 Å². The van der Waals surface area contributed by atoms with Crippen LogP contribution in [-0.4, -0.2) is 231 Å². The van der Waals surface area contributed by atoms with Crippen LogP contribution >= 0.6 is 0 Å². The second-order valence-corrected chi connectivity index (χ2v) is 20.3. The van der Waals surface area contributed by atoms with E-state index >= 15 is 0 Å². The average Bonchev–Trinajstić information content (AvgIpc) is 3.53. The van der Waals surface area contributed by atoms with Gasteiger partial charge in [-0.15, -0.1) is 0 Å². The third kappa shape index (κ3) is 61.6. The van der Waals surface area contributed by atoms with E-state index in [9.17, 15) is 33.9 Å². The second kappa shape index (κ2) is 65.5. The molecule has 7 N–H and O–H groups in total. The highest BCUT2D eigenvalue weighted by Crippen LogP contribution is 2.13. The van der Waals surface area contributed by atoms with E-state index in [4.69, 9.17) is 62.6 Å². The number of Topliss-reactive ketones (excluding diaryl/α,β-unsaturated/α-hetero) is 1. The van der Waals surface area contributed by atoms with Crippen LogP contribution in [-0.2, 0) is 85.6 Å². The van der Waals surface area contributed by atoms with Crippen molar-refractivity contribution in [3.05, 3.63) is 0 Å². The molecule has 84 heavy (non-hydrogen) atoms. The summed E-state index contributed by atoms with van der Waals surface area (Å²) >= 11 is 0. The molecule has 24 heteroatoms. The number of carboxylic acids is 1. The van der Waals surface area contributed by atoms with Gasteiger partial charge in [0, 0.05) is 38.8 Å². The number of aliphatic carboxylic acids is 1. The van der Waals surface area contributed by atoms with E-state index in [1.54, 1.807) is 6.92 Å². The van der Waals surface area contributed by atoms with E-state index in [0.717, 1.165) is 19.3 Å². The molecule has 0 aliphatic carbocycles. The number of carbonyl (C=O) groups excluding carboxylic acids is 5. The van der Waals surface area contributed by atoms with E-state index < -0.39 is 18.1 Å². The van der Waals surface area contributed by atoms with Gasteiger partial charge in [0.2, 0.25) is 23.6 Å². The van der Waals surface area contributed by atoms with Gasteiger partial charge in [0.15, 0.2) is 0 Å². The van der Waals surface area contributed by atoms with Gasteiger partial charge in [0.1, 0.15) is 17.9 Å². The molecule has 0 saturated heterocycles. The van der Waals surface area contributed by atoms with Gasteiger partial charge in [-0.1, -0.05) is 84.0 Å². The number of carbonyl (C=O) groups is 6. The van der Waals surface area contributed by atoms with Crippen molar-refractivity contribution in [1.82, 2.24) is 21.3 Å². The lowest BCUT2D eigenvalue weighted by Crippen LogP contribution is -2.47. The van der Waals surface area contributed by atoms with Crippen molar-refractivity contribution in [2.24, 2.45) is 5.73 Å². The molecule has 0 rings (SSSR count). The first-order chi connectivity index (χ1) is 41.1. The number of carboxylic acid groups (broad SMARTS) is 1.